The van der Waals surface area contributed by atoms with E-state index < -0.39 is 0 Å². The number of benzene rings is 2. The number of aromatic nitrogens is 1. The molecule has 1 aliphatic heterocycles. The smallest absolute Gasteiger partial charge is 0.321 e. The van der Waals surface area contributed by atoms with Gasteiger partial charge in [0, 0.05) is 35.4 Å². The van der Waals surface area contributed by atoms with Crippen LogP contribution in [0.5, 0.6) is 0 Å². The number of hydrogen-bond donors (Lipinski definition) is 3. The van der Waals surface area contributed by atoms with Crippen molar-refractivity contribution in [2.45, 2.75) is 0 Å². The fourth-order valence-electron chi connectivity index (χ4n) is 2.84. The van der Waals surface area contributed by atoms with Crippen LogP contribution in [0.15, 0.2) is 54.6 Å². The van der Waals surface area contributed by atoms with E-state index in [1.54, 1.807) is 17.0 Å². The number of fused-ring (bicyclic) bond motifs is 1. The molecule has 0 unspecified atom stereocenters. The summed E-state index contributed by atoms with van der Waals surface area (Å²) in [4.78, 5) is 28.8. The van der Waals surface area contributed by atoms with E-state index in [0.29, 0.717) is 24.5 Å². The van der Waals surface area contributed by atoms with Crippen LogP contribution in [0.2, 0.25) is 0 Å². The van der Waals surface area contributed by atoms with Crippen molar-refractivity contribution < 1.29 is 9.59 Å². The molecule has 0 spiro atoms. The summed E-state index contributed by atoms with van der Waals surface area (Å²) < 4.78 is 0. The highest BCUT2D eigenvalue weighted by Gasteiger charge is 2.20. The molecule has 2 aromatic carbocycles. The van der Waals surface area contributed by atoms with Gasteiger partial charge in [-0.1, -0.05) is 18.2 Å². The normalized spacial score (nSPS) is 14.0. The lowest BCUT2D eigenvalue weighted by atomic mass is 10.2. The highest BCUT2D eigenvalue weighted by Crippen LogP contribution is 2.20. The number of carbonyl (C=O) groups is 2. The Morgan fingerprint density at radius 1 is 1.08 bits per heavy atom. The van der Waals surface area contributed by atoms with Gasteiger partial charge in [-0.2, -0.15) is 0 Å². The van der Waals surface area contributed by atoms with Gasteiger partial charge in [-0.25, -0.2) is 4.79 Å². The molecule has 1 fully saturated rings. The highest BCUT2D eigenvalue weighted by atomic mass is 16.2. The van der Waals surface area contributed by atoms with Gasteiger partial charge < -0.3 is 15.6 Å². The molecular formula is C18H16N4O2. The van der Waals surface area contributed by atoms with Crippen molar-refractivity contribution in [2.75, 3.05) is 23.3 Å². The molecule has 1 aromatic heterocycles. The molecule has 0 aliphatic carbocycles. The first-order valence-corrected chi connectivity index (χ1v) is 7.75. The van der Waals surface area contributed by atoms with Crippen molar-refractivity contribution >= 4 is 34.2 Å². The third-order valence-corrected chi connectivity index (χ3v) is 4.07. The Balaban J connectivity index is 1.50. The Labute approximate surface area is 138 Å². The number of aromatic amines is 1. The lowest BCUT2D eigenvalue weighted by Gasteiger charge is -2.14. The second kappa shape index (κ2) is 5.73. The molecule has 1 aliphatic rings. The molecule has 0 bridgehead atoms. The molecule has 120 valence electrons. The van der Waals surface area contributed by atoms with Crippen LogP contribution >= 0.6 is 0 Å². The molecular weight excluding hydrogens is 304 g/mol. The number of anilines is 2. The lowest BCUT2D eigenvalue weighted by molar-refractivity contribution is 0.102. The average molecular weight is 320 g/mol. The average Bonchev–Trinajstić information content (AvgIpc) is 3.21. The summed E-state index contributed by atoms with van der Waals surface area (Å²) in [5.41, 5.74) is 2.94. The monoisotopic (exact) mass is 320 g/mol. The number of carbonyl (C=O) groups excluding carboxylic acids is 2. The third kappa shape index (κ3) is 2.58. The summed E-state index contributed by atoms with van der Waals surface area (Å²) in [6.45, 7) is 1.30. The first-order chi connectivity index (χ1) is 11.7. The zero-order chi connectivity index (χ0) is 16.5. The molecule has 3 amide bonds. The third-order valence-electron chi connectivity index (χ3n) is 4.07. The van der Waals surface area contributed by atoms with Gasteiger partial charge in [0.2, 0.25) is 0 Å². The Morgan fingerprint density at radius 2 is 1.88 bits per heavy atom. The van der Waals surface area contributed by atoms with Gasteiger partial charge in [-0.3, -0.25) is 9.69 Å². The molecule has 0 radical (unpaired) electrons. The number of H-pyrrole nitrogens is 1. The lowest BCUT2D eigenvalue weighted by Crippen LogP contribution is -2.27. The predicted octanol–water partition coefficient (Wildman–Crippen LogP) is 2.95. The van der Waals surface area contributed by atoms with Gasteiger partial charge in [0.1, 0.15) is 5.69 Å². The summed E-state index contributed by atoms with van der Waals surface area (Å²) in [7, 11) is 0. The standard InChI is InChI=1S/C18H16N4O2/c23-17(16-11-12-3-1-2-4-15(12)21-16)20-13-5-7-14(8-6-13)22-10-9-19-18(22)24/h1-8,11,21H,9-10H2,(H,19,24)(H,20,23). The first kappa shape index (κ1) is 14.3. The van der Waals surface area contributed by atoms with Crippen LogP contribution in [-0.4, -0.2) is 30.0 Å². The fourth-order valence-corrected chi connectivity index (χ4v) is 2.84. The van der Waals surface area contributed by atoms with E-state index in [1.165, 1.54) is 0 Å². The van der Waals surface area contributed by atoms with Crippen molar-refractivity contribution in [3.63, 3.8) is 0 Å². The van der Waals surface area contributed by atoms with Crippen LogP contribution in [-0.2, 0) is 0 Å². The zero-order valence-corrected chi connectivity index (χ0v) is 12.9. The number of rotatable bonds is 3. The van der Waals surface area contributed by atoms with Crippen LogP contribution in [0.1, 0.15) is 10.5 Å². The number of para-hydroxylation sites is 1. The van der Waals surface area contributed by atoms with Crippen LogP contribution < -0.4 is 15.5 Å². The second-order valence-corrected chi connectivity index (χ2v) is 5.65. The highest BCUT2D eigenvalue weighted by molar-refractivity contribution is 6.06. The van der Waals surface area contributed by atoms with E-state index in [2.05, 4.69) is 15.6 Å². The summed E-state index contributed by atoms with van der Waals surface area (Å²) in [6, 6.07) is 16.7. The molecule has 3 N–H and O–H groups in total. The Bertz CT molecular complexity index is 881. The first-order valence-electron chi connectivity index (χ1n) is 7.75. The van der Waals surface area contributed by atoms with E-state index in [-0.39, 0.29) is 11.9 Å². The van der Waals surface area contributed by atoms with E-state index in [4.69, 9.17) is 0 Å². The van der Waals surface area contributed by atoms with Crippen molar-refractivity contribution in [2.24, 2.45) is 0 Å². The summed E-state index contributed by atoms with van der Waals surface area (Å²) >= 11 is 0. The molecule has 0 atom stereocenters. The Morgan fingerprint density at radius 3 is 2.58 bits per heavy atom. The molecule has 24 heavy (non-hydrogen) atoms. The minimum atomic E-state index is -0.196. The van der Waals surface area contributed by atoms with Crippen molar-refractivity contribution in [1.82, 2.24) is 10.3 Å². The summed E-state index contributed by atoms with van der Waals surface area (Å²) in [6.07, 6.45) is 0. The summed E-state index contributed by atoms with van der Waals surface area (Å²) in [5, 5.41) is 6.62. The van der Waals surface area contributed by atoms with E-state index in [1.807, 2.05) is 42.5 Å². The number of nitrogens with zero attached hydrogens (tertiary/aromatic N) is 1. The Hall–Kier alpha value is -3.28. The van der Waals surface area contributed by atoms with E-state index >= 15 is 0 Å². The largest absolute Gasteiger partial charge is 0.351 e. The minimum absolute atomic E-state index is 0.0927. The SMILES string of the molecule is O=C(Nc1ccc(N2CCNC2=O)cc1)c1cc2ccccc2[nH]1. The molecule has 6 heteroatoms. The molecule has 1 saturated heterocycles. The topological polar surface area (TPSA) is 77.2 Å². The quantitative estimate of drug-likeness (QED) is 0.694. The van der Waals surface area contributed by atoms with Crippen molar-refractivity contribution in [3.8, 4) is 0 Å². The van der Waals surface area contributed by atoms with Gasteiger partial charge in [0.15, 0.2) is 0 Å². The van der Waals surface area contributed by atoms with Crippen LogP contribution in [0, 0.1) is 0 Å². The van der Waals surface area contributed by atoms with Gasteiger partial charge in [-0.15, -0.1) is 0 Å². The number of nitrogens with one attached hydrogen (secondary N) is 3. The van der Waals surface area contributed by atoms with Gasteiger partial charge in [0.25, 0.3) is 5.91 Å². The van der Waals surface area contributed by atoms with E-state index in [0.717, 1.165) is 16.6 Å². The van der Waals surface area contributed by atoms with Gasteiger partial charge in [-0.05, 0) is 36.4 Å². The van der Waals surface area contributed by atoms with Crippen LogP contribution in [0.25, 0.3) is 10.9 Å². The molecule has 2 heterocycles. The number of hydrogen-bond acceptors (Lipinski definition) is 2. The van der Waals surface area contributed by atoms with Crippen molar-refractivity contribution in [3.05, 3.63) is 60.3 Å². The minimum Gasteiger partial charge on any atom is -0.351 e. The number of amides is 3. The van der Waals surface area contributed by atoms with Gasteiger partial charge >= 0.3 is 6.03 Å². The molecule has 4 rings (SSSR count). The predicted molar refractivity (Wildman–Crippen MR) is 93.4 cm³/mol. The van der Waals surface area contributed by atoms with E-state index in [9.17, 15) is 9.59 Å². The molecule has 6 nitrogen and oxygen atoms in total. The fraction of sp³-hybridized carbons (Fsp3) is 0.111. The van der Waals surface area contributed by atoms with Crippen molar-refractivity contribution in [1.29, 1.82) is 0 Å². The second-order valence-electron chi connectivity index (χ2n) is 5.65. The maximum atomic E-state index is 12.4. The maximum Gasteiger partial charge on any atom is 0.321 e. The van der Waals surface area contributed by atoms with Gasteiger partial charge in [0.05, 0.1) is 0 Å². The van der Waals surface area contributed by atoms with Crippen LogP contribution in [0.3, 0.4) is 0 Å². The Kier molecular flexibility index (Phi) is 3.42. The summed E-state index contributed by atoms with van der Waals surface area (Å²) in [5.74, 6) is -0.196. The molecule has 0 saturated carbocycles. The molecule has 3 aromatic rings. The number of urea groups is 1. The zero-order valence-electron chi connectivity index (χ0n) is 12.9. The maximum absolute atomic E-state index is 12.4. The van der Waals surface area contributed by atoms with Crippen LogP contribution in [0.4, 0.5) is 16.2 Å².